The molecule has 3 heteroatoms. The fourth-order valence-electron chi connectivity index (χ4n) is 2.27. The van der Waals surface area contributed by atoms with Gasteiger partial charge in [0.15, 0.2) is 0 Å². The molecule has 0 radical (unpaired) electrons. The van der Waals surface area contributed by atoms with Gasteiger partial charge in [0.1, 0.15) is 0 Å². The van der Waals surface area contributed by atoms with Gasteiger partial charge in [0.05, 0.1) is 23.0 Å². The number of hydrogen-bond donors (Lipinski definition) is 2. The van der Waals surface area contributed by atoms with E-state index in [2.05, 4.69) is 43.4 Å². The number of rotatable bonds is 4. The van der Waals surface area contributed by atoms with Crippen molar-refractivity contribution in [2.24, 2.45) is 0 Å². The standard InChI is InChI=1S/C17H19N3/c1-3-13-6-5-7-14(4-2)17(13)20-16-10-12(11-18)8-9-15(16)19/h5-10,20H,3-4,19H2,1-2H3. The largest absolute Gasteiger partial charge is 0.397 e. The van der Waals surface area contributed by atoms with Gasteiger partial charge in [0.25, 0.3) is 0 Å². The summed E-state index contributed by atoms with van der Waals surface area (Å²) >= 11 is 0. The molecule has 0 aromatic heterocycles. The molecular formula is C17H19N3. The van der Waals surface area contributed by atoms with Crippen molar-refractivity contribution in [2.45, 2.75) is 26.7 Å². The van der Waals surface area contributed by atoms with Crippen LogP contribution in [0.1, 0.15) is 30.5 Å². The molecule has 0 amide bonds. The molecule has 0 unspecified atom stereocenters. The summed E-state index contributed by atoms with van der Waals surface area (Å²) in [4.78, 5) is 0. The molecule has 0 bridgehead atoms. The molecule has 0 heterocycles. The molecule has 0 saturated carbocycles. The molecule has 3 nitrogen and oxygen atoms in total. The van der Waals surface area contributed by atoms with Crippen molar-refractivity contribution in [1.29, 1.82) is 5.26 Å². The molecule has 2 rings (SSSR count). The fourth-order valence-corrected chi connectivity index (χ4v) is 2.27. The van der Waals surface area contributed by atoms with Gasteiger partial charge < -0.3 is 11.1 Å². The van der Waals surface area contributed by atoms with Crippen LogP contribution in [0.4, 0.5) is 17.1 Å². The summed E-state index contributed by atoms with van der Waals surface area (Å²) in [6, 6.07) is 13.7. The van der Waals surface area contributed by atoms with Crippen LogP contribution in [0.25, 0.3) is 0 Å². The molecule has 0 aliphatic carbocycles. The molecule has 2 aromatic rings. The summed E-state index contributed by atoms with van der Waals surface area (Å²) in [7, 11) is 0. The first-order valence-corrected chi connectivity index (χ1v) is 6.87. The van der Waals surface area contributed by atoms with Gasteiger partial charge in [-0.15, -0.1) is 0 Å². The van der Waals surface area contributed by atoms with Gasteiger partial charge in [0, 0.05) is 5.69 Å². The molecule has 2 aromatic carbocycles. The van der Waals surface area contributed by atoms with Crippen LogP contribution in [0.15, 0.2) is 36.4 Å². The molecule has 0 saturated heterocycles. The van der Waals surface area contributed by atoms with Crippen LogP contribution in [0.2, 0.25) is 0 Å². The lowest BCUT2D eigenvalue weighted by Gasteiger charge is -2.17. The van der Waals surface area contributed by atoms with Crippen LogP contribution in [0.3, 0.4) is 0 Å². The van der Waals surface area contributed by atoms with E-state index in [1.165, 1.54) is 11.1 Å². The van der Waals surface area contributed by atoms with E-state index in [4.69, 9.17) is 11.0 Å². The quantitative estimate of drug-likeness (QED) is 0.821. The van der Waals surface area contributed by atoms with Crippen LogP contribution >= 0.6 is 0 Å². The fraction of sp³-hybridized carbons (Fsp3) is 0.235. The summed E-state index contributed by atoms with van der Waals surface area (Å²) in [6.45, 7) is 4.27. The first kappa shape index (κ1) is 14.0. The number of nitriles is 1. The minimum absolute atomic E-state index is 0.605. The number of aryl methyl sites for hydroxylation is 2. The number of nitrogens with zero attached hydrogens (tertiary/aromatic N) is 1. The molecule has 0 aliphatic rings. The van der Waals surface area contributed by atoms with Crippen molar-refractivity contribution in [3.63, 3.8) is 0 Å². The van der Waals surface area contributed by atoms with E-state index in [0.717, 1.165) is 24.2 Å². The van der Waals surface area contributed by atoms with E-state index >= 15 is 0 Å². The predicted molar refractivity (Wildman–Crippen MR) is 84.1 cm³/mol. The number of nitrogen functional groups attached to an aromatic ring is 1. The molecule has 0 spiro atoms. The number of nitrogens with two attached hydrogens (primary N) is 1. The van der Waals surface area contributed by atoms with Crippen molar-refractivity contribution in [1.82, 2.24) is 0 Å². The molecule has 20 heavy (non-hydrogen) atoms. The maximum absolute atomic E-state index is 9.00. The number of hydrogen-bond acceptors (Lipinski definition) is 3. The third-order valence-electron chi connectivity index (χ3n) is 3.44. The third-order valence-corrected chi connectivity index (χ3v) is 3.44. The van der Waals surface area contributed by atoms with Crippen molar-refractivity contribution in [2.75, 3.05) is 11.1 Å². The van der Waals surface area contributed by atoms with Gasteiger partial charge in [-0.25, -0.2) is 0 Å². The maximum atomic E-state index is 9.00. The summed E-state index contributed by atoms with van der Waals surface area (Å²) < 4.78 is 0. The monoisotopic (exact) mass is 265 g/mol. The van der Waals surface area contributed by atoms with Crippen LogP contribution in [0.5, 0.6) is 0 Å². The molecular weight excluding hydrogens is 246 g/mol. The van der Waals surface area contributed by atoms with Gasteiger partial charge in [-0.05, 0) is 42.2 Å². The minimum Gasteiger partial charge on any atom is -0.397 e. The Labute approximate surface area is 120 Å². The normalized spacial score (nSPS) is 10.1. The van der Waals surface area contributed by atoms with Crippen LogP contribution in [-0.2, 0) is 12.8 Å². The van der Waals surface area contributed by atoms with E-state index in [1.54, 1.807) is 18.2 Å². The molecule has 0 aliphatic heterocycles. The highest BCUT2D eigenvalue weighted by Crippen LogP contribution is 2.29. The molecule has 0 fully saturated rings. The Bertz CT molecular complexity index is 632. The van der Waals surface area contributed by atoms with Gasteiger partial charge in [-0.3, -0.25) is 0 Å². The van der Waals surface area contributed by atoms with Crippen molar-refractivity contribution < 1.29 is 0 Å². The van der Waals surface area contributed by atoms with Crippen molar-refractivity contribution >= 4 is 17.1 Å². The highest BCUT2D eigenvalue weighted by molar-refractivity contribution is 5.76. The highest BCUT2D eigenvalue weighted by Gasteiger charge is 2.08. The second-order valence-corrected chi connectivity index (χ2v) is 4.70. The number of para-hydroxylation sites is 1. The van der Waals surface area contributed by atoms with Gasteiger partial charge in [0.2, 0.25) is 0 Å². The van der Waals surface area contributed by atoms with Gasteiger partial charge in [-0.2, -0.15) is 5.26 Å². The van der Waals surface area contributed by atoms with Crippen LogP contribution in [-0.4, -0.2) is 0 Å². The highest BCUT2D eigenvalue weighted by atomic mass is 14.9. The zero-order chi connectivity index (χ0) is 14.5. The zero-order valence-corrected chi connectivity index (χ0v) is 11.9. The Balaban J connectivity index is 2.47. The Morgan fingerprint density at radius 2 is 1.75 bits per heavy atom. The Hall–Kier alpha value is -2.47. The first-order valence-electron chi connectivity index (χ1n) is 6.87. The Morgan fingerprint density at radius 3 is 2.30 bits per heavy atom. The average Bonchev–Trinajstić information content (AvgIpc) is 2.49. The van der Waals surface area contributed by atoms with Gasteiger partial charge >= 0.3 is 0 Å². The van der Waals surface area contributed by atoms with Crippen LogP contribution in [0, 0.1) is 11.3 Å². The predicted octanol–water partition coefficient (Wildman–Crippen LogP) is 4.01. The van der Waals surface area contributed by atoms with Crippen molar-refractivity contribution in [3.8, 4) is 6.07 Å². The van der Waals surface area contributed by atoms with Crippen molar-refractivity contribution in [3.05, 3.63) is 53.1 Å². The third kappa shape index (κ3) is 2.75. The maximum Gasteiger partial charge on any atom is 0.0992 e. The SMILES string of the molecule is CCc1cccc(CC)c1Nc1cc(C#N)ccc1N. The summed E-state index contributed by atoms with van der Waals surface area (Å²) in [6.07, 6.45) is 1.90. The zero-order valence-electron chi connectivity index (χ0n) is 11.9. The summed E-state index contributed by atoms with van der Waals surface area (Å²) in [5.74, 6) is 0. The second kappa shape index (κ2) is 6.12. The first-order chi connectivity index (χ1) is 9.69. The average molecular weight is 265 g/mol. The lowest BCUT2D eigenvalue weighted by molar-refractivity contribution is 1.09. The number of benzene rings is 2. The summed E-state index contributed by atoms with van der Waals surface area (Å²) in [5.41, 5.74) is 11.7. The Kier molecular flexibility index (Phi) is 4.27. The number of anilines is 3. The van der Waals surface area contributed by atoms with E-state index in [-0.39, 0.29) is 0 Å². The minimum atomic E-state index is 0.605. The van der Waals surface area contributed by atoms with Gasteiger partial charge in [-0.1, -0.05) is 32.0 Å². The van der Waals surface area contributed by atoms with E-state index in [9.17, 15) is 0 Å². The van der Waals surface area contributed by atoms with E-state index < -0.39 is 0 Å². The lowest BCUT2D eigenvalue weighted by atomic mass is 10.0. The molecule has 0 atom stereocenters. The second-order valence-electron chi connectivity index (χ2n) is 4.70. The Morgan fingerprint density at radius 1 is 1.10 bits per heavy atom. The summed E-state index contributed by atoms with van der Waals surface area (Å²) in [5, 5.41) is 12.4. The van der Waals surface area contributed by atoms with Crippen LogP contribution < -0.4 is 11.1 Å². The lowest BCUT2D eigenvalue weighted by Crippen LogP contribution is -2.02. The molecule has 102 valence electrons. The molecule has 3 N–H and O–H groups in total. The number of nitrogens with one attached hydrogen (secondary N) is 1. The van der Waals surface area contributed by atoms with E-state index in [0.29, 0.717) is 11.3 Å². The smallest absolute Gasteiger partial charge is 0.0992 e. The van der Waals surface area contributed by atoms with E-state index in [1.807, 2.05) is 0 Å². The topological polar surface area (TPSA) is 61.8 Å².